The number of nitro groups is 1. The Balaban J connectivity index is 1.88. The van der Waals surface area contributed by atoms with E-state index in [1.807, 2.05) is 0 Å². The predicted octanol–water partition coefficient (Wildman–Crippen LogP) is 2.36. The number of rotatable bonds is 5. The van der Waals surface area contributed by atoms with E-state index >= 15 is 0 Å². The Morgan fingerprint density at radius 1 is 1.21 bits per heavy atom. The van der Waals surface area contributed by atoms with Crippen molar-refractivity contribution in [2.45, 2.75) is 17.9 Å². The van der Waals surface area contributed by atoms with Crippen molar-refractivity contribution in [3.8, 4) is 11.5 Å². The number of esters is 1. The van der Waals surface area contributed by atoms with Gasteiger partial charge >= 0.3 is 5.97 Å². The van der Waals surface area contributed by atoms with Gasteiger partial charge in [-0.15, -0.1) is 0 Å². The normalized spacial score (nSPS) is 16.6. The molecule has 0 aromatic heterocycles. The molecular weight excluding hydrogens is 402 g/mol. The highest BCUT2D eigenvalue weighted by Gasteiger charge is 2.36. The van der Waals surface area contributed by atoms with E-state index in [4.69, 9.17) is 4.74 Å². The number of carbonyl (C=O) groups is 1. The average molecular weight is 421 g/mol. The van der Waals surface area contributed by atoms with Crippen molar-refractivity contribution in [1.82, 2.24) is 4.31 Å². The molecule has 2 aromatic carbocycles. The first-order valence-corrected chi connectivity index (χ1v) is 10.1. The lowest BCUT2D eigenvalue weighted by Gasteiger charge is -2.24. The summed E-state index contributed by atoms with van der Waals surface area (Å²) in [6, 6.07) is 8.96. The Kier molecular flexibility index (Phi) is 5.71. The van der Waals surface area contributed by atoms with Gasteiger partial charge in [-0.3, -0.25) is 14.9 Å². The quantitative estimate of drug-likeness (QED) is 0.443. The molecule has 3 rings (SSSR count). The Labute approximate surface area is 167 Å². The fraction of sp³-hybridized carbons (Fsp3) is 0.278. The number of non-ortho nitro benzene ring substituents is 1. The van der Waals surface area contributed by atoms with Crippen LogP contribution in [0.25, 0.3) is 0 Å². The van der Waals surface area contributed by atoms with Crippen LogP contribution in [0.15, 0.2) is 47.4 Å². The molecule has 1 aliphatic rings. The Morgan fingerprint density at radius 3 is 2.48 bits per heavy atom. The van der Waals surface area contributed by atoms with Gasteiger partial charge in [0.05, 0.1) is 17.7 Å². The van der Waals surface area contributed by atoms with Crippen molar-refractivity contribution < 1.29 is 27.6 Å². The highest BCUT2D eigenvalue weighted by Crippen LogP contribution is 2.33. The summed E-state index contributed by atoms with van der Waals surface area (Å²) in [6.07, 6.45) is 0. The molecule has 0 fully saturated rings. The van der Waals surface area contributed by atoms with Crippen LogP contribution in [-0.2, 0) is 19.6 Å². The number of nitrogens with one attached hydrogen (secondary N) is 1. The maximum absolute atomic E-state index is 13.0. The number of methoxy groups -OCH3 is 1. The molecule has 0 aliphatic carbocycles. The third kappa shape index (κ3) is 4.15. The van der Waals surface area contributed by atoms with Gasteiger partial charge in [0.25, 0.3) is 5.69 Å². The molecule has 2 aromatic rings. The van der Waals surface area contributed by atoms with Crippen LogP contribution in [0.1, 0.15) is 6.92 Å². The van der Waals surface area contributed by atoms with E-state index in [1.54, 1.807) is 0 Å². The van der Waals surface area contributed by atoms with Crippen LogP contribution >= 0.6 is 0 Å². The number of carbonyl (C=O) groups excluding carboxylic acids is 1. The zero-order valence-electron chi connectivity index (χ0n) is 15.7. The first kappa shape index (κ1) is 20.6. The second-order valence-corrected chi connectivity index (χ2v) is 8.11. The first-order chi connectivity index (χ1) is 13.7. The molecule has 10 nitrogen and oxygen atoms in total. The minimum absolute atomic E-state index is 0.0156. The molecule has 0 amide bonds. The Hall–Kier alpha value is -3.18. The summed E-state index contributed by atoms with van der Waals surface area (Å²) in [6.45, 7) is 1.85. The van der Waals surface area contributed by atoms with Crippen LogP contribution in [0.2, 0.25) is 0 Å². The topological polar surface area (TPSA) is 128 Å². The largest absolute Gasteiger partial charge is 0.468 e. The van der Waals surface area contributed by atoms with Crippen molar-refractivity contribution in [1.29, 1.82) is 0 Å². The lowest BCUT2D eigenvalue weighted by molar-refractivity contribution is -0.384. The molecule has 0 spiro atoms. The van der Waals surface area contributed by atoms with Gasteiger partial charge in [0, 0.05) is 31.3 Å². The molecule has 11 heteroatoms. The molecule has 0 bridgehead atoms. The summed E-state index contributed by atoms with van der Waals surface area (Å²) in [5, 5.41) is 13.8. The van der Waals surface area contributed by atoms with Gasteiger partial charge in [0.1, 0.15) is 22.4 Å². The van der Waals surface area contributed by atoms with Crippen LogP contribution in [0.5, 0.6) is 11.5 Å². The van der Waals surface area contributed by atoms with Crippen molar-refractivity contribution >= 4 is 27.4 Å². The van der Waals surface area contributed by atoms with Crippen LogP contribution in [0, 0.1) is 10.1 Å². The number of fused-ring (bicyclic) bond motifs is 1. The van der Waals surface area contributed by atoms with Crippen LogP contribution in [-0.4, -0.2) is 49.9 Å². The molecule has 154 valence electrons. The highest BCUT2D eigenvalue weighted by atomic mass is 32.2. The van der Waals surface area contributed by atoms with E-state index in [9.17, 15) is 23.3 Å². The van der Waals surface area contributed by atoms with Crippen LogP contribution in [0.4, 0.5) is 11.4 Å². The maximum Gasteiger partial charge on any atom is 0.323 e. The Morgan fingerprint density at radius 2 is 1.86 bits per heavy atom. The van der Waals surface area contributed by atoms with Gasteiger partial charge in [-0.2, -0.15) is 4.31 Å². The molecule has 1 heterocycles. The van der Waals surface area contributed by atoms with Gasteiger partial charge in [0.15, 0.2) is 0 Å². The highest BCUT2D eigenvalue weighted by molar-refractivity contribution is 7.89. The molecule has 0 saturated carbocycles. The lowest BCUT2D eigenvalue weighted by atomic mass is 10.2. The molecule has 0 radical (unpaired) electrons. The van der Waals surface area contributed by atoms with Gasteiger partial charge in [-0.05, 0) is 31.2 Å². The number of benzene rings is 2. The number of hydrogen-bond acceptors (Lipinski definition) is 8. The van der Waals surface area contributed by atoms with E-state index in [-0.39, 0.29) is 23.7 Å². The fourth-order valence-electron chi connectivity index (χ4n) is 2.94. The van der Waals surface area contributed by atoms with Crippen LogP contribution in [0.3, 0.4) is 0 Å². The SMILES string of the molecule is COC(=O)[C@@H](C)N1CCNc2cc(Oc3ccc([N+](=O)[O-])cc3)ccc2S1(=O)=O. The number of hydrogen-bond donors (Lipinski definition) is 1. The predicted molar refractivity (Wildman–Crippen MR) is 103 cm³/mol. The number of nitrogens with zero attached hydrogens (tertiary/aromatic N) is 2. The molecule has 0 saturated heterocycles. The maximum atomic E-state index is 13.0. The van der Waals surface area contributed by atoms with Gasteiger partial charge in [0.2, 0.25) is 10.0 Å². The third-order valence-corrected chi connectivity index (χ3v) is 6.47. The summed E-state index contributed by atoms with van der Waals surface area (Å²) in [5.41, 5.74) is 0.274. The van der Waals surface area contributed by atoms with Gasteiger partial charge in [-0.25, -0.2) is 8.42 Å². The minimum Gasteiger partial charge on any atom is -0.468 e. The first-order valence-electron chi connectivity index (χ1n) is 8.64. The van der Waals surface area contributed by atoms with Crippen molar-refractivity contribution in [2.75, 3.05) is 25.5 Å². The molecule has 1 atom stereocenters. The number of sulfonamides is 1. The Bertz CT molecular complexity index is 1040. The average Bonchev–Trinajstić information content (AvgIpc) is 2.82. The fourth-order valence-corrected chi connectivity index (χ4v) is 4.68. The molecule has 1 N–H and O–H groups in total. The van der Waals surface area contributed by atoms with Crippen molar-refractivity contribution in [2.24, 2.45) is 0 Å². The standard InChI is InChI=1S/C18H19N3O7S/c1-12(18(22)27-2)20-10-9-19-16-11-15(7-8-17(16)29(20,25)26)28-14-5-3-13(4-6-14)21(23)24/h3-8,11-12,19H,9-10H2,1-2H3/t12-/m1/s1. The van der Waals surface area contributed by atoms with Gasteiger partial charge in [-0.1, -0.05) is 0 Å². The summed E-state index contributed by atoms with van der Waals surface area (Å²) >= 11 is 0. The van der Waals surface area contributed by atoms with E-state index < -0.39 is 27.0 Å². The minimum atomic E-state index is -3.94. The summed E-state index contributed by atoms with van der Waals surface area (Å²) < 4.78 is 37.5. The number of nitro benzene ring substituents is 1. The van der Waals surface area contributed by atoms with Gasteiger partial charge < -0.3 is 14.8 Å². The number of anilines is 1. The monoisotopic (exact) mass is 421 g/mol. The smallest absolute Gasteiger partial charge is 0.323 e. The number of ether oxygens (including phenoxy) is 2. The van der Waals surface area contributed by atoms with Crippen LogP contribution < -0.4 is 10.1 Å². The van der Waals surface area contributed by atoms with E-state index in [0.717, 1.165) is 4.31 Å². The second-order valence-electron chi connectivity index (χ2n) is 6.25. The summed E-state index contributed by atoms with van der Waals surface area (Å²) in [7, 11) is -2.73. The zero-order chi connectivity index (χ0) is 21.2. The van der Waals surface area contributed by atoms with E-state index in [1.165, 1.54) is 56.5 Å². The summed E-state index contributed by atoms with van der Waals surface area (Å²) in [4.78, 5) is 22.1. The summed E-state index contributed by atoms with van der Waals surface area (Å²) in [5.74, 6) is 0.0814. The molecule has 0 unspecified atom stereocenters. The van der Waals surface area contributed by atoms with Crippen molar-refractivity contribution in [3.05, 3.63) is 52.6 Å². The van der Waals surface area contributed by atoms with E-state index in [0.29, 0.717) is 17.2 Å². The molecular formula is C18H19N3O7S. The van der Waals surface area contributed by atoms with Crippen molar-refractivity contribution in [3.63, 3.8) is 0 Å². The zero-order valence-corrected chi connectivity index (χ0v) is 16.5. The van der Waals surface area contributed by atoms with E-state index in [2.05, 4.69) is 10.1 Å². The lowest BCUT2D eigenvalue weighted by Crippen LogP contribution is -2.44. The third-order valence-electron chi connectivity index (χ3n) is 4.44. The molecule has 1 aliphatic heterocycles. The second kappa shape index (κ2) is 8.05. The molecule has 29 heavy (non-hydrogen) atoms.